The van der Waals surface area contributed by atoms with Gasteiger partial charge in [-0.05, 0) is 53.5 Å². The summed E-state index contributed by atoms with van der Waals surface area (Å²) in [5, 5.41) is 0. The molecule has 29 heavy (non-hydrogen) atoms. The molecule has 0 aliphatic heterocycles. The fourth-order valence-corrected chi connectivity index (χ4v) is 2.78. The molecule has 0 saturated heterocycles. The van der Waals surface area contributed by atoms with Crippen LogP contribution in [0.2, 0.25) is 0 Å². The highest BCUT2D eigenvalue weighted by molar-refractivity contribution is 5.87. The van der Waals surface area contributed by atoms with Gasteiger partial charge in [-0.25, -0.2) is 4.79 Å². The molecule has 5 heteroatoms. The molecule has 0 saturated carbocycles. The summed E-state index contributed by atoms with van der Waals surface area (Å²) in [5.41, 5.74) is 16.2. The van der Waals surface area contributed by atoms with Crippen LogP contribution < -0.4 is 16.2 Å². The van der Waals surface area contributed by atoms with Crippen molar-refractivity contribution in [1.29, 1.82) is 0 Å². The fraction of sp³-hybridized carbons (Fsp3) is 0.125. The van der Waals surface area contributed by atoms with Gasteiger partial charge in [-0.2, -0.15) is 0 Å². The van der Waals surface area contributed by atoms with Gasteiger partial charge in [0.15, 0.2) is 0 Å². The molecule has 0 heterocycles. The zero-order valence-electron chi connectivity index (χ0n) is 16.1. The van der Waals surface area contributed by atoms with Crippen LogP contribution in [0.1, 0.15) is 16.7 Å². The van der Waals surface area contributed by atoms with E-state index in [1.54, 1.807) is 12.1 Å². The van der Waals surface area contributed by atoms with E-state index in [4.69, 9.17) is 20.9 Å². The number of anilines is 2. The molecule has 0 amide bonds. The summed E-state index contributed by atoms with van der Waals surface area (Å²) in [6.07, 6.45) is 3.85. The van der Waals surface area contributed by atoms with E-state index in [0.717, 1.165) is 28.9 Å². The third-order valence-electron chi connectivity index (χ3n) is 4.30. The number of hydrogen-bond donors (Lipinski definition) is 2. The van der Waals surface area contributed by atoms with Crippen LogP contribution in [0.25, 0.3) is 6.08 Å². The van der Waals surface area contributed by atoms with E-state index in [-0.39, 0.29) is 13.2 Å². The largest absolute Gasteiger partial charge is 0.490 e. The minimum absolute atomic E-state index is 0.182. The van der Waals surface area contributed by atoms with Crippen molar-refractivity contribution in [3.05, 3.63) is 95.6 Å². The molecule has 0 unspecified atom stereocenters. The molecule has 4 N–H and O–H groups in total. The molecule has 0 atom stereocenters. The van der Waals surface area contributed by atoms with Crippen molar-refractivity contribution < 1.29 is 14.3 Å². The Bertz CT molecular complexity index is 967. The van der Waals surface area contributed by atoms with Gasteiger partial charge in [-0.1, -0.05) is 48.5 Å². The topological polar surface area (TPSA) is 87.6 Å². The average molecular weight is 388 g/mol. The lowest BCUT2D eigenvalue weighted by atomic mass is 10.0. The molecule has 5 nitrogen and oxygen atoms in total. The van der Waals surface area contributed by atoms with E-state index in [1.165, 1.54) is 6.08 Å². The van der Waals surface area contributed by atoms with Crippen molar-refractivity contribution in [3.63, 3.8) is 0 Å². The van der Waals surface area contributed by atoms with Crippen LogP contribution in [-0.2, 0) is 16.0 Å². The van der Waals surface area contributed by atoms with Gasteiger partial charge in [-0.15, -0.1) is 0 Å². The van der Waals surface area contributed by atoms with Crippen LogP contribution in [0.5, 0.6) is 5.75 Å². The summed E-state index contributed by atoms with van der Waals surface area (Å²) in [6.45, 7) is 0.469. The lowest BCUT2D eigenvalue weighted by Crippen LogP contribution is -2.10. The number of hydrogen-bond acceptors (Lipinski definition) is 5. The van der Waals surface area contributed by atoms with Crippen molar-refractivity contribution in [1.82, 2.24) is 0 Å². The third-order valence-corrected chi connectivity index (χ3v) is 4.30. The fourth-order valence-electron chi connectivity index (χ4n) is 2.78. The Morgan fingerprint density at radius 1 is 0.897 bits per heavy atom. The molecule has 0 fully saturated rings. The lowest BCUT2D eigenvalue weighted by Gasteiger charge is -2.09. The molecule has 3 aromatic carbocycles. The van der Waals surface area contributed by atoms with Crippen molar-refractivity contribution in [2.24, 2.45) is 0 Å². The number of ether oxygens (including phenoxy) is 2. The number of nitrogen functional groups attached to an aromatic ring is 2. The summed E-state index contributed by atoms with van der Waals surface area (Å²) in [6, 6.07) is 22.9. The molecule has 0 aliphatic carbocycles. The number of nitrogens with two attached hydrogens (primary N) is 2. The van der Waals surface area contributed by atoms with Crippen LogP contribution in [0.3, 0.4) is 0 Å². The van der Waals surface area contributed by atoms with E-state index >= 15 is 0 Å². The van der Waals surface area contributed by atoms with E-state index in [9.17, 15) is 4.79 Å². The van der Waals surface area contributed by atoms with Crippen molar-refractivity contribution in [2.75, 3.05) is 24.7 Å². The minimum atomic E-state index is -0.395. The summed E-state index contributed by atoms with van der Waals surface area (Å²) >= 11 is 0. The molecule has 3 aromatic rings. The second-order valence-electron chi connectivity index (χ2n) is 6.54. The highest BCUT2D eigenvalue weighted by atomic mass is 16.6. The van der Waals surface area contributed by atoms with Crippen LogP contribution in [-0.4, -0.2) is 19.2 Å². The Morgan fingerprint density at radius 2 is 1.66 bits per heavy atom. The molecule has 0 spiro atoms. The van der Waals surface area contributed by atoms with E-state index < -0.39 is 5.97 Å². The number of rotatable bonds is 8. The number of esters is 1. The molecule has 0 aliphatic rings. The van der Waals surface area contributed by atoms with Crippen LogP contribution >= 0.6 is 0 Å². The van der Waals surface area contributed by atoms with Crippen molar-refractivity contribution in [3.8, 4) is 5.75 Å². The summed E-state index contributed by atoms with van der Waals surface area (Å²) in [4.78, 5) is 11.7. The third kappa shape index (κ3) is 6.43. The molecular weight excluding hydrogens is 364 g/mol. The van der Waals surface area contributed by atoms with Gasteiger partial charge in [0.05, 0.1) is 0 Å². The molecular formula is C24H24N2O3. The standard InChI is InChI=1S/C24H24N2O3/c25-21-10-9-20(23(26)17-21)16-19-6-11-22(12-7-19)28-14-15-29-24(27)13-8-18-4-2-1-3-5-18/h1-13,17H,14-16,25-26H2. The summed E-state index contributed by atoms with van der Waals surface area (Å²) < 4.78 is 10.8. The highest BCUT2D eigenvalue weighted by Gasteiger charge is 2.03. The zero-order chi connectivity index (χ0) is 20.5. The second-order valence-corrected chi connectivity index (χ2v) is 6.54. The van der Waals surface area contributed by atoms with Gasteiger partial charge in [0.2, 0.25) is 0 Å². The SMILES string of the molecule is Nc1ccc(Cc2ccc(OCCOC(=O)C=Cc3ccccc3)cc2)c(N)c1. The Balaban J connectivity index is 1.41. The Morgan fingerprint density at radius 3 is 2.38 bits per heavy atom. The van der Waals surface area contributed by atoms with Gasteiger partial charge in [0.25, 0.3) is 0 Å². The second kappa shape index (κ2) is 9.99. The molecule has 0 bridgehead atoms. The van der Waals surface area contributed by atoms with Gasteiger partial charge in [0, 0.05) is 17.5 Å². The smallest absolute Gasteiger partial charge is 0.330 e. The first-order chi connectivity index (χ1) is 14.1. The van der Waals surface area contributed by atoms with E-state index in [1.807, 2.05) is 66.7 Å². The molecule has 148 valence electrons. The number of benzene rings is 3. The minimum Gasteiger partial charge on any atom is -0.490 e. The molecule has 0 radical (unpaired) electrons. The predicted octanol–water partition coefficient (Wildman–Crippen LogP) is 4.08. The first kappa shape index (κ1) is 20.0. The van der Waals surface area contributed by atoms with Gasteiger partial charge < -0.3 is 20.9 Å². The van der Waals surface area contributed by atoms with Crippen LogP contribution in [0, 0.1) is 0 Å². The Labute approximate surface area is 170 Å². The van der Waals surface area contributed by atoms with E-state index in [2.05, 4.69) is 0 Å². The van der Waals surface area contributed by atoms with Gasteiger partial charge in [0.1, 0.15) is 19.0 Å². The summed E-state index contributed by atoms with van der Waals surface area (Å²) in [7, 11) is 0. The maximum absolute atomic E-state index is 11.7. The van der Waals surface area contributed by atoms with Gasteiger partial charge in [-0.3, -0.25) is 0 Å². The zero-order valence-corrected chi connectivity index (χ0v) is 16.1. The monoisotopic (exact) mass is 388 g/mol. The normalized spacial score (nSPS) is 10.8. The van der Waals surface area contributed by atoms with Crippen molar-refractivity contribution >= 4 is 23.4 Å². The average Bonchev–Trinajstić information content (AvgIpc) is 2.73. The van der Waals surface area contributed by atoms with Crippen LogP contribution in [0.4, 0.5) is 11.4 Å². The quantitative estimate of drug-likeness (QED) is 0.263. The maximum atomic E-state index is 11.7. The predicted molar refractivity (Wildman–Crippen MR) is 116 cm³/mol. The Hall–Kier alpha value is -3.73. The molecule has 0 aromatic heterocycles. The van der Waals surface area contributed by atoms with Gasteiger partial charge >= 0.3 is 5.97 Å². The summed E-state index contributed by atoms with van der Waals surface area (Å²) in [5.74, 6) is 0.323. The number of carbonyl (C=O) groups excluding carboxylic acids is 1. The van der Waals surface area contributed by atoms with Crippen LogP contribution in [0.15, 0.2) is 78.9 Å². The molecule has 3 rings (SSSR count). The number of carbonyl (C=O) groups is 1. The first-order valence-electron chi connectivity index (χ1n) is 9.35. The van der Waals surface area contributed by atoms with Crippen molar-refractivity contribution in [2.45, 2.75) is 6.42 Å². The maximum Gasteiger partial charge on any atom is 0.330 e. The lowest BCUT2D eigenvalue weighted by molar-refractivity contribution is -0.138. The Kier molecular flexibility index (Phi) is 6.90. The first-order valence-corrected chi connectivity index (χ1v) is 9.35. The highest BCUT2D eigenvalue weighted by Crippen LogP contribution is 2.21. The van der Waals surface area contributed by atoms with E-state index in [0.29, 0.717) is 11.4 Å².